The van der Waals surface area contributed by atoms with Crippen LogP contribution in [-0.2, 0) is 46.1 Å². The van der Waals surface area contributed by atoms with Crippen molar-refractivity contribution in [3.8, 4) is 0 Å². The lowest BCUT2D eigenvalue weighted by atomic mass is 9.63. The van der Waals surface area contributed by atoms with Crippen LogP contribution in [-0.4, -0.2) is 200 Å². The smallest absolute Gasteiger partial charge is 0.410 e. The highest BCUT2D eigenvalue weighted by atomic mass is 16.6. The Labute approximate surface area is 886 Å². The average Bonchev–Trinajstić information content (AvgIpc) is 1.33. The van der Waals surface area contributed by atoms with Crippen molar-refractivity contribution >= 4 is 30.0 Å². The fourth-order valence-electron chi connectivity index (χ4n) is 26.5. The van der Waals surface area contributed by atoms with Crippen molar-refractivity contribution in [2.24, 2.45) is 22.7 Å². The van der Waals surface area contributed by atoms with Crippen molar-refractivity contribution in [1.82, 2.24) is 60.9 Å². The second-order valence-corrected chi connectivity index (χ2v) is 50.8. The summed E-state index contributed by atoms with van der Waals surface area (Å²) in [5.41, 5.74) is 17.1. The van der Waals surface area contributed by atoms with E-state index in [0.717, 1.165) is 103 Å². The molecule has 5 heterocycles. The molecular formula is C126H204N12O7. The minimum absolute atomic E-state index is 0. The number of likely N-dealkylation sites (tertiary alicyclic amines) is 5. The topological polar surface area (TPSA) is 187 Å². The van der Waals surface area contributed by atoms with Crippen LogP contribution in [0.15, 0.2) is 164 Å². The molecule has 5 aliphatic heterocycles. The van der Waals surface area contributed by atoms with E-state index in [0.29, 0.717) is 34.2 Å². The molecule has 19 heteroatoms. The Morgan fingerprint density at radius 2 is 0.800 bits per heavy atom. The van der Waals surface area contributed by atoms with Crippen molar-refractivity contribution < 1.29 is 42.0 Å². The number of hydrogen-bond donors (Lipinski definition) is 5. The van der Waals surface area contributed by atoms with E-state index in [2.05, 4.69) is 301 Å². The molecule has 7 atom stereocenters. The number of carbonyl (C=O) groups excluding carboxylic acids is 5. The molecule has 0 radical (unpaired) electrons. The molecule has 6 aliphatic carbocycles. The van der Waals surface area contributed by atoms with E-state index in [1.54, 1.807) is 11.8 Å². The van der Waals surface area contributed by atoms with Crippen molar-refractivity contribution in [2.75, 3.05) is 113 Å². The third-order valence-electron chi connectivity index (χ3n) is 35.5. The summed E-state index contributed by atoms with van der Waals surface area (Å²) in [5.74, 6) is 1.40. The summed E-state index contributed by atoms with van der Waals surface area (Å²) in [6.45, 7) is 58.4. The molecule has 5 saturated heterocycles. The zero-order chi connectivity index (χ0) is 104. The molecule has 5 spiro atoms. The Morgan fingerprint density at radius 1 is 0.428 bits per heavy atom. The Morgan fingerprint density at radius 3 is 1.21 bits per heavy atom. The molecule has 0 bridgehead atoms. The van der Waals surface area contributed by atoms with E-state index in [1.807, 2.05) is 57.9 Å². The highest BCUT2D eigenvalue weighted by Crippen LogP contribution is 2.56. The molecule has 5 N–H and O–H groups in total. The van der Waals surface area contributed by atoms with Gasteiger partial charge in [-0.25, -0.2) is 14.4 Å². The van der Waals surface area contributed by atoms with Crippen LogP contribution in [0.25, 0.3) is 0 Å². The highest BCUT2D eigenvalue weighted by molar-refractivity contribution is 5.80. The molecule has 6 aromatic carbocycles. The lowest BCUT2D eigenvalue weighted by molar-refractivity contribution is -0.125. The highest BCUT2D eigenvalue weighted by Gasteiger charge is 2.52. The van der Waals surface area contributed by atoms with E-state index in [9.17, 15) is 24.0 Å². The van der Waals surface area contributed by atoms with Crippen molar-refractivity contribution in [2.45, 2.75) is 397 Å². The number of urea groups is 2. The first kappa shape index (κ1) is 114. The molecule has 17 rings (SSSR count). The quantitative estimate of drug-likeness (QED) is 0.0256. The van der Waals surface area contributed by atoms with Gasteiger partial charge in [0.1, 0.15) is 5.60 Å². The molecule has 7 amide bonds. The summed E-state index contributed by atoms with van der Waals surface area (Å²) in [6.07, 6.45) is 35.6. The monoisotopic (exact) mass is 2000 g/mol. The van der Waals surface area contributed by atoms with Crippen LogP contribution < -0.4 is 26.6 Å². The lowest BCUT2D eigenvalue weighted by Crippen LogP contribution is -2.49. The first-order valence-corrected chi connectivity index (χ1v) is 56.9. The van der Waals surface area contributed by atoms with Gasteiger partial charge in [-0.3, -0.25) is 9.59 Å². The lowest BCUT2D eigenvalue weighted by Gasteiger charge is -2.47. The van der Waals surface area contributed by atoms with Gasteiger partial charge >= 0.3 is 18.2 Å². The summed E-state index contributed by atoms with van der Waals surface area (Å²) in [4.78, 5) is 78.3. The average molecular weight is 2000 g/mol. The zero-order valence-electron chi connectivity index (χ0n) is 93.9. The second-order valence-electron chi connectivity index (χ2n) is 50.8. The number of amides is 7. The fourth-order valence-corrected chi connectivity index (χ4v) is 26.5. The summed E-state index contributed by atoms with van der Waals surface area (Å²) in [5, 5.41) is 17.1. The molecule has 6 fully saturated rings. The van der Waals surface area contributed by atoms with Gasteiger partial charge in [0.2, 0.25) is 11.8 Å². The van der Waals surface area contributed by atoms with Gasteiger partial charge in [0, 0.05) is 96.1 Å². The minimum Gasteiger partial charge on any atom is -0.444 e. The normalized spacial score (nSPS) is 22.3. The largest absolute Gasteiger partial charge is 0.444 e. The van der Waals surface area contributed by atoms with Crippen molar-refractivity contribution in [3.63, 3.8) is 0 Å². The summed E-state index contributed by atoms with van der Waals surface area (Å²) in [6, 6.07) is 56.7. The molecular weight excluding hydrogens is 1790 g/mol. The molecule has 11 aliphatic rings. The van der Waals surface area contributed by atoms with E-state index in [1.165, 1.54) is 242 Å². The number of ether oxygens (including phenoxy) is 2. The molecule has 2 unspecified atom stereocenters. The molecule has 0 aromatic heterocycles. The molecule has 1 saturated carbocycles. The number of nitrogens with one attached hydrogen (secondary N) is 5. The summed E-state index contributed by atoms with van der Waals surface area (Å²) in [7, 11) is 5.43. The Kier molecular flexibility index (Phi) is 39.6. The van der Waals surface area contributed by atoms with Crippen LogP contribution in [0.2, 0.25) is 0 Å². The van der Waals surface area contributed by atoms with Gasteiger partial charge in [0.15, 0.2) is 0 Å². The number of carbonyl (C=O) groups is 5. The van der Waals surface area contributed by atoms with Crippen molar-refractivity contribution in [3.05, 3.63) is 226 Å². The van der Waals surface area contributed by atoms with Gasteiger partial charge < -0.3 is 70.4 Å². The van der Waals surface area contributed by atoms with Crippen LogP contribution in [0, 0.1) is 22.7 Å². The van der Waals surface area contributed by atoms with Gasteiger partial charge in [-0.05, 0) is 397 Å². The van der Waals surface area contributed by atoms with E-state index in [-0.39, 0.29) is 102 Å². The maximum Gasteiger partial charge on any atom is 0.410 e. The van der Waals surface area contributed by atoms with Gasteiger partial charge in [0.25, 0.3) is 0 Å². The number of piperidine rings is 5. The Balaban J connectivity index is 0.000000253. The van der Waals surface area contributed by atoms with Crippen LogP contribution in [0.1, 0.15) is 417 Å². The number of methoxy groups -OCH3 is 1. The fraction of sp³-hybridized carbons (Fsp3) is 0.659. The number of rotatable bonds is 26. The van der Waals surface area contributed by atoms with E-state index in [4.69, 9.17) is 9.47 Å². The molecule has 6 aromatic rings. The first-order valence-electron chi connectivity index (χ1n) is 56.9. The van der Waals surface area contributed by atoms with Gasteiger partial charge in [-0.1, -0.05) is 232 Å². The molecule has 145 heavy (non-hydrogen) atoms. The standard InChI is InChI=1S/C28H47N3O2.C26H43N3O.C26H34N2O2.C25H38N2O.C21H30N2O.6H2/c1-22(10-9-15-27(2,3)33-6)14-19-31-20-17-28(18-21-31)16-13-25(29-26(32)30(4)5)23-11-7-8-12-24(23)28;1-19(2)29(20(3)4)24(30)27-23-18-26(22-11-9-8-10-21(22)23)13-16-28(17-14-26)15-12-25(5,6)7;1-19(20-10-6-5-7-11-20)27-23-18-26(22-13-9-8-12-21(22)23)14-16-28(17-15-26)24(29)30-25(2,3)4;1-24(2,3)12-15-27-16-13-25(14-17-27)18-22(20-10-6-7-11-21(20)25)26-23(28)19-8-4-5-9-19;1-3-4-7-14-23-15-12-21(13-16-23)11-10-20(22-17(2)24)18-8-5-6-9-19(18)21;;;;;;/h7-8,11-12,22,25H,9-10,13-21H2,1-6H3,(H,29,32);8-11,19-20,23H,12-18H2,1-7H3,(H,27,30);5-13,19,23,27H,14-18H2,1-4H3;6-7,10-11,19,22H,4-5,8-9,12-18H2,1-3H3,(H,26,28);3,5-6,8-9,20H,1,4,7,10-16H2,2H3,(H,22,24);6*1H/t;23-;19-,23-;22-;20-;;;;;;/m.0000....../s1. The van der Waals surface area contributed by atoms with Crippen molar-refractivity contribution in [1.29, 1.82) is 0 Å². The maximum atomic E-state index is 13.1. The van der Waals surface area contributed by atoms with Crippen LogP contribution in [0.4, 0.5) is 14.4 Å². The van der Waals surface area contributed by atoms with Gasteiger partial charge in [-0.15, -0.1) is 6.58 Å². The van der Waals surface area contributed by atoms with E-state index >= 15 is 0 Å². The summed E-state index contributed by atoms with van der Waals surface area (Å²) >= 11 is 0. The minimum atomic E-state index is -0.450. The molecule has 19 nitrogen and oxygen atoms in total. The van der Waals surface area contributed by atoms with Crippen LogP contribution >= 0.6 is 0 Å². The second kappa shape index (κ2) is 50.5. The Bertz CT molecular complexity index is 5140. The van der Waals surface area contributed by atoms with Crippen LogP contribution in [0.3, 0.4) is 0 Å². The predicted octanol–water partition coefficient (Wildman–Crippen LogP) is 27.9. The first-order chi connectivity index (χ1) is 69.0. The number of fused-ring (bicyclic) bond motifs is 10. The maximum absolute atomic E-state index is 13.1. The number of allylic oxidation sites excluding steroid dienone is 1. The summed E-state index contributed by atoms with van der Waals surface area (Å²) < 4.78 is 11.2. The van der Waals surface area contributed by atoms with Crippen LogP contribution in [0.5, 0.6) is 0 Å². The predicted molar refractivity (Wildman–Crippen MR) is 610 cm³/mol. The van der Waals surface area contributed by atoms with E-state index < -0.39 is 5.60 Å². The van der Waals surface area contributed by atoms with Gasteiger partial charge in [0.05, 0.1) is 29.8 Å². The third-order valence-corrected chi connectivity index (χ3v) is 35.5. The number of nitrogens with zero attached hydrogens (tertiary/aromatic N) is 7. The zero-order valence-corrected chi connectivity index (χ0v) is 93.9. The van der Waals surface area contributed by atoms with Gasteiger partial charge in [-0.2, -0.15) is 0 Å². The third kappa shape index (κ3) is 30.1. The SMILES string of the molecule is C=CCCCN1CCC2(CC[C@H](NC(C)=O)c3ccccc32)CC1.CC(C)(C)CCN1CCC2(CC1)C[C@H](NC(=O)C1CCCC1)c1ccccc12.CC(C)N(C(=O)N[C@H]1CC2(CCN(CCC(C)(C)C)CC2)c2ccccc21)C(C)C.COC(C)(C)CCCC(C)CCN1CCC2(CCC(NC(=O)N(C)C)c3ccccc32)CC1.C[C@H](N[C@H]1CC2(CCN(C(=O)OC(C)(C)C)CC2)c2ccccc21)c1ccccc1.[HH].[HH].[HH].[HH].[HH].[HH]. The Hall–Kier alpha value is -8.43. The number of benzene rings is 6. The molecule has 810 valence electrons. The number of hydrogen-bond acceptors (Lipinski definition) is 12. The number of unbranched alkanes of at least 4 members (excludes halogenated alkanes) is 1.